The summed E-state index contributed by atoms with van der Waals surface area (Å²) in [7, 11) is 3.77. The molecule has 5 rings (SSSR count). The van der Waals surface area contributed by atoms with Crippen LogP contribution in [0.2, 0.25) is 5.02 Å². The molecule has 182 valence electrons. The molecule has 2 aliphatic carbocycles. The molecule has 9 heteroatoms. The lowest BCUT2D eigenvalue weighted by atomic mass is 10.2. The van der Waals surface area contributed by atoms with Crippen LogP contribution in [0.3, 0.4) is 0 Å². The van der Waals surface area contributed by atoms with Gasteiger partial charge in [0.15, 0.2) is 0 Å². The molecule has 7 nitrogen and oxygen atoms in total. The Balaban J connectivity index is 1.14. The van der Waals surface area contributed by atoms with Crippen LogP contribution in [0.25, 0.3) is 6.08 Å². The minimum Gasteiger partial charge on any atom is -0.493 e. The molecule has 3 aromatic rings. The summed E-state index contributed by atoms with van der Waals surface area (Å²) in [5.74, 6) is 2.77. The predicted molar refractivity (Wildman–Crippen MR) is 139 cm³/mol. The van der Waals surface area contributed by atoms with Crippen LogP contribution in [-0.4, -0.2) is 42.6 Å². The van der Waals surface area contributed by atoms with Crippen molar-refractivity contribution in [1.29, 1.82) is 0 Å². The van der Waals surface area contributed by atoms with Gasteiger partial charge in [-0.05, 0) is 56.0 Å². The lowest BCUT2D eigenvalue weighted by molar-refractivity contribution is 0.0947. The van der Waals surface area contributed by atoms with Gasteiger partial charge in [0.25, 0.3) is 11.1 Å². The Morgan fingerprint density at radius 2 is 2.11 bits per heavy atom. The fourth-order valence-electron chi connectivity index (χ4n) is 3.79. The maximum absolute atomic E-state index is 12.6. The molecule has 0 bridgehead atoms. The molecule has 2 saturated carbocycles. The first-order valence-corrected chi connectivity index (χ1v) is 12.7. The summed E-state index contributed by atoms with van der Waals surface area (Å²) < 4.78 is 11.8. The van der Waals surface area contributed by atoms with Gasteiger partial charge in [0.05, 0.1) is 16.5 Å². The Hall–Kier alpha value is -3.10. The molecule has 0 aliphatic heterocycles. The summed E-state index contributed by atoms with van der Waals surface area (Å²) in [6.07, 6.45) is 9.78. The van der Waals surface area contributed by atoms with Crippen molar-refractivity contribution in [1.82, 2.24) is 15.3 Å². The number of hydrogen-bond acceptors (Lipinski definition) is 7. The summed E-state index contributed by atoms with van der Waals surface area (Å²) in [5.41, 5.74) is 1.04. The number of halogens is 1. The highest BCUT2D eigenvalue weighted by Crippen LogP contribution is 2.75. The number of rotatable bonds is 10. The molecule has 0 spiro atoms. The number of ether oxygens (including phenoxy) is 2. The maximum Gasteiger partial charge on any atom is 0.279 e. The Kier molecular flexibility index (Phi) is 6.42. The lowest BCUT2D eigenvalue weighted by Crippen LogP contribution is -2.31. The molecule has 2 fully saturated rings. The molecule has 1 atom stereocenters. The smallest absolute Gasteiger partial charge is 0.279 e. The summed E-state index contributed by atoms with van der Waals surface area (Å²) in [5, 5.41) is 3.94. The van der Waals surface area contributed by atoms with Crippen LogP contribution in [0.5, 0.6) is 16.7 Å². The van der Waals surface area contributed by atoms with Crippen molar-refractivity contribution in [2.75, 3.05) is 25.6 Å². The van der Waals surface area contributed by atoms with E-state index in [1.54, 1.807) is 30.6 Å². The molecule has 2 heterocycles. The second-order valence-corrected chi connectivity index (χ2v) is 10.8. The summed E-state index contributed by atoms with van der Waals surface area (Å²) in [6.45, 7) is 2.69. The minimum absolute atomic E-state index is 0.156. The lowest BCUT2D eigenvalue weighted by Gasteiger charge is -2.13. The van der Waals surface area contributed by atoms with Crippen molar-refractivity contribution < 1.29 is 14.3 Å². The van der Waals surface area contributed by atoms with Gasteiger partial charge in [0, 0.05) is 49.6 Å². The average Bonchev–Trinajstić information content (AvgIpc) is 3.65. The standard InChI is InChI=1S/C26H27ClN4O3S/c1-16(30-24(32)17-8-9-28-23(10-17)31(2)3)4-6-20-14-29-25(35-20)34-22-7-5-19(11-21(22)27)33-15-26-12-18(26)13-26/h4-11,14,16,18H,12-13,15H2,1-3H3,(H,30,32)/b6-4+/t16-,18?,26?/m0/s1. The van der Waals surface area contributed by atoms with Crippen LogP contribution in [-0.2, 0) is 0 Å². The van der Waals surface area contributed by atoms with Crippen molar-refractivity contribution in [3.05, 3.63) is 64.3 Å². The zero-order valence-electron chi connectivity index (χ0n) is 19.8. The van der Waals surface area contributed by atoms with Gasteiger partial charge in [0.1, 0.15) is 17.3 Å². The zero-order chi connectivity index (χ0) is 24.6. The molecule has 1 aromatic carbocycles. The fraction of sp³-hybridized carbons (Fsp3) is 0.346. The first-order chi connectivity index (χ1) is 16.8. The Morgan fingerprint density at radius 3 is 2.83 bits per heavy atom. The predicted octanol–water partition coefficient (Wildman–Crippen LogP) is 5.67. The van der Waals surface area contributed by atoms with Crippen molar-refractivity contribution in [3.63, 3.8) is 0 Å². The number of pyridine rings is 1. The van der Waals surface area contributed by atoms with E-state index in [-0.39, 0.29) is 11.9 Å². The zero-order valence-corrected chi connectivity index (χ0v) is 21.4. The molecule has 2 aliphatic rings. The van der Waals surface area contributed by atoms with Crippen molar-refractivity contribution in [3.8, 4) is 16.7 Å². The number of amides is 1. The third-order valence-electron chi connectivity index (χ3n) is 6.35. The third kappa shape index (κ3) is 5.60. The second kappa shape index (κ2) is 9.51. The highest BCUT2D eigenvalue weighted by atomic mass is 35.5. The van der Waals surface area contributed by atoms with Crippen LogP contribution in [0.1, 0.15) is 35.0 Å². The van der Waals surface area contributed by atoms with E-state index in [1.165, 1.54) is 24.2 Å². The first-order valence-electron chi connectivity index (χ1n) is 11.5. The van der Waals surface area contributed by atoms with Crippen molar-refractivity contribution >= 4 is 40.7 Å². The van der Waals surface area contributed by atoms with Crippen LogP contribution >= 0.6 is 22.9 Å². The quantitative estimate of drug-likeness (QED) is 0.378. The number of carbonyl (C=O) groups excluding carboxylic acids is 1. The number of fused-ring (bicyclic) bond motifs is 1. The molecule has 0 unspecified atom stereocenters. The van der Waals surface area contributed by atoms with Gasteiger partial charge in [-0.25, -0.2) is 9.97 Å². The van der Waals surface area contributed by atoms with E-state index in [0.717, 1.165) is 29.0 Å². The third-order valence-corrected chi connectivity index (χ3v) is 7.49. The normalized spacial score (nSPS) is 20.7. The summed E-state index contributed by atoms with van der Waals surface area (Å²) in [4.78, 5) is 23.9. The van der Waals surface area contributed by atoms with E-state index >= 15 is 0 Å². The Labute approximate surface area is 213 Å². The molecule has 2 aromatic heterocycles. The van der Waals surface area contributed by atoms with E-state index in [2.05, 4.69) is 15.3 Å². The van der Waals surface area contributed by atoms with Crippen molar-refractivity contribution in [2.45, 2.75) is 25.8 Å². The average molecular weight is 511 g/mol. The van der Waals surface area contributed by atoms with Gasteiger partial charge in [-0.3, -0.25) is 4.79 Å². The van der Waals surface area contributed by atoms with Gasteiger partial charge >= 0.3 is 0 Å². The SMILES string of the molecule is C[C@@H](/C=C/c1cnc(Oc2ccc(OCC34CC3C4)cc2Cl)s1)NC(=O)c1ccnc(N(C)C)c1. The fourth-order valence-corrected chi connectivity index (χ4v) is 4.69. The van der Waals surface area contributed by atoms with E-state index in [1.807, 2.05) is 50.2 Å². The monoisotopic (exact) mass is 510 g/mol. The van der Waals surface area contributed by atoms with E-state index in [0.29, 0.717) is 26.9 Å². The van der Waals surface area contributed by atoms with E-state index < -0.39 is 0 Å². The number of nitrogens with one attached hydrogen (secondary N) is 1. The topological polar surface area (TPSA) is 76.6 Å². The van der Waals surface area contributed by atoms with Gasteiger partial charge in [0.2, 0.25) is 0 Å². The Bertz CT molecular complexity index is 1270. The summed E-state index contributed by atoms with van der Waals surface area (Å²) >= 11 is 7.80. The van der Waals surface area contributed by atoms with Crippen LogP contribution < -0.4 is 19.7 Å². The number of thiazole rings is 1. The van der Waals surface area contributed by atoms with Gasteiger partial charge in [-0.1, -0.05) is 29.0 Å². The molecule has 1 amide bonds. The van der Waals surface area contributed by atoms with Crippen LogP contribution in [0.4, 0.5) is 5.82 Å². The number of anilines is 1. The minimum atomic E-state index is -0.173. The Morgan fingerprint density at radius 1 is 1.31 bits per heavy atom. The highest BCUT2D eigenvalue weighted by molar-refractivity contribution is 7.14. The number of nitrogens with zero attached hydrogens (tertiary/aromatic N) is 3. The summed E-state index contributed by atoms with van der Waals surface area (Å²) in [6, 6.07) is 8.76. The number of aromatic nitrogens is 2. The van der Waals surface area contributed by atoms with Gasteiger partial charge in [-0.15, -0.1) is 0 Å². The molecular formula is C26H27ClN4O3S. The van der Waals surface area contributed by atoms with E-state index in [4.69, 9.17) is 21.1 Å². The second-order valence-electron chi connectivity index (χ2n) is 9.40. The largest absolute Gasteiger partial charge is 0.493 e. The molecule has 1 N–H and O–H groups in total. The van der Waals surface area contributed by atoms with Crippen molar-refractivity contribution in [2.24, 2.45) is 11.3 Å². The number of hydrogen-bond donors (Lipinski definition) is 1. The van der Waals surface area contributed by atoms with E-state index in [9.17, 15) is 4.79 Å². The highest BCUT2D eigenvalue weighted by Gasteiger charge is 2.70. The number of carbonyl (C=O) groups is 1. The van der Waals surface area contributed by atoms with Gasteiger partial charge < -0.3 is 19.7 Å². The maximum atomic E-state index is 12.6. The van der Waals surface area contributed by atoms with Crippen LogP contribution in [0.15, 0.2) is 48.8 Å². The van der Waals surface area contributed by atoms with Gasteiger partial charge in [-0.2, -0.15) is 0 Å². The molecule has 35 heavy (non-hydrogen) atoms. The first kappa shape index (κ1) is 23.6. The number of benzene rings is 1. The molecule has 0 radical (unpaired) electrons. The molecule has 0 saturated heterocycles. The molecular weight excluding hydrogens is 484 g/mol. The van der Waals surface area contributed by atoms with Crippen LogP contribution in [0, 0.1) is 11.3 Å².